The number of anilines is 1. The van der Waals surface area contributed by atoms with E-state index in [0.717, 1.165) is 57.9 Å². The van der Waals surface area contributed by atoms with Crippen molar-refractivity contribution in [2.24, 2.45) is 0 Å². The minimum Gasteiger partial charge on any atom is -0.352 e. The van der Waals surface area contributed by atoms with Gasteiger partial charge in [-0.2, -0.15) is 4.37 Å². The lowest BCUT2D eigenvalue weighted by atomic mass is 10.1. The summed E-state index contributed by atoms with van der Waals surface area (Å²) in [7, 11) is 0. The smallest absolute Gasteiger partial charge is 0.222 e. The molecule has 0 radical (unpaired) electrons. The van der Waals surface area contributed by atoms with Gasteiger partial charge in [-0.3, -0.25) is 9.59 Å². The van der Waals surface area contributed by atoms with Crippen molar-refractivity contribution in [2.45, 2.75) is 44.9 Å². The van der Waals surface area contributed by atoms with Crippen molar-refractivity contribution in [2.75, 3.05) is 44.2 Å². The molecule has 1 aromatic heterocycles. The van der Waals surface area contributed by atoms with Crippen LogP contribution in [0.2, 0.25) is 0 Å². The van der Waals surface area contributed by atoms with Crippen molar-refractivity contribution >= 4 is 39.3 Å². The van der Waals surface area contributed by atoms with E-state index in [4.69, 9.17) is 0 Å². The van der Waals surface area contributed by atoms with Gasteiger partial charge in [0.15, 0.2) is 0 Å². The number of benzene rings is 1. The average Bonchev–Trinajstić information content (AvgIpc) is 2.99. The first-order chi connectivity index (χ1) is 14.2. The molecule has 0 aliphatic carbocycles. The number of hydrogen-bond donors (Lipinski definition) is 0. The lowest BCUT2D eigenvalue weighted by molar-refractivity contribution is -0.133. The number of hydrogen-bond acceptors (Lipinski definition) is 5. The molecule has 7 heteroatoms. The number of piperazine rings is 1. The van der Waals surface area contributed by atoms with Crippen molar-refractivity contribution in [3.05, 3.63) is 24.3 Å². The third kappa shape index (κ3) is 4.89. The SMILES string of the molecule is O=C(CCCC(=O)N1CCN(c2nsc3ccccc23)CC1)N1CCCCCC1. The Bertz CT molecular complexity index is 836. The Labute approximate surface area is 176 Å². The fourth-order valence-corrected chi connectivity index (χ4v) is 5.09. The maximum Gasteiger partial charge on any atom is 0.222 e. The molecule has 6 nitrogen and oxygen atoms in total. The van der Waals surface area contributed by atoms with E-state index >= 15 is 0 Å². The summed E-state index contributed by atoms with van der Waals surface area (Å²) in [6.07, 6.45) is 6.31. The maximum absolute atomic E-state index is 12.6. The van der Waals surface area contributed by atoms with Gasteiger partial charge in [-0.15, -0.1) is 0 Å². The monoisotopic (exact) mass is 414 g/mol. The number of rotatable bonds is 5. The topological polar surface area (TPSA) is 56.8 Å². The Morgan fingerprint density at radius 3 is 2.14 bits per heavy atom. The first-order valence-electron chi connectivity index (χ1n) is 10.9. The highest BCUT2D eigenvalue weighted by atomic mass is 32.1. The molecule has 2 amide bonds. The van der Waals surface area contributed by atoms with Crippen LogP contribution in [0.5, 0.6) is 0 Å². The Morgan fingerprint density at radius 2 is 1.45 bits per heavy atom. The third-order valence-electron chi connectivity index (χ3n) is 6.03. The zero-order chi connectivity index (χ0) is 20.1. The maximum atomic E-state index is 12.6. The largest absolute Gasteiger partial charge is 0.352 e. The summed E-state index contributed by atoms with van der Waals surface area (Å²) in [4.78, 5) is 31.2. The summed E-state index contributed by atoms with van der Waals surface area (Å²) >= 11 is 1.53. The van der Waals surface area contributed by atoms with Gasteiger partial charge in [0.2, 0.25) is 11.8 Å². The lowest BCUT2D eigenvalue weighted by Crippen LogP contribution is -2.49. The molecule has 0 bridgehead atoms. The average molecular weight is 415 g/mol. The van der Waals surface area contributed by atoms with Gasteiger partial charge in [0.1, 0.15) is 5.82 Å². The highest BCUT2D eigenvalue weighted by Crippen LogP contribution is 2.29. The molecule has 156 valence electrons. The molecule has 29 heavy (non-hydrogen) atoms. The van der Waals surface area contributed by atoms with Gasteiger partial charge in [0, 0.05) is 57.5 Å². The van der Waals surface area contributed by atoms with Crippen LogP contribution in [0.25, 0.3) is 10.1 Å². The molecule has 2 saturated heterocycles. The van der Waals surface area contributed by atoms with Gasteiger partial charge < -0.3 is 14.7 Å². The molecular weight excluding hydrogens is 384 g/mol. The van der Waals surface area contributed by atoms with Crippen molar-refractivity contribution in [1.82, 2.24) is 14.2 Å². The molecule has 0 atom stereocenters. The van der Waals surface area contributed by atoms with Crippen LogP contribution in [0.4, 0.5) is 5.82 Å². The molecule has 3 heterocycles. The van der Waals surface area contributed by atoms with Gasteiger partial charge in [-0.1, -0.05) is 25.0 Å². The summed E-state index contributed by atoms with van der Waals surface area (Å²) < 4.78 is 5.83. The highest BCUT2D eigenvalue weighted by molar-refractivity contribution is 7.13. The summed E-state index contributed by atoms with van der Waals surface area (Å²) in [5.74, 6) is 1.44. The van der Waals surface area contributed by atoms with E-state index in [1.54, 1.807) is 0 Å². The van der Waals surface area contributed by atoms with Crippen LogP contribution in [0.1, 0.15) is 44.9 Å². The normalized spacial score (nSPS) is 18.1. The summed E-state index contributed by atoms with van der Waals surface area (Å²) in [6.45, 7) is 4.86. The van der Waals surface area contributed by atoms with Crippen LogP contribution >= 0.6 is 11.5 Å². The van der Waals surface area contributed by atoms with Crippen LogP contribution in [0, 0.1) is 0 Å². The van der Waals surface area contributed by atoms with E-state index in [1.165, 1.54) is 34.5 Å². The third-order valence-corrected chi connectivity index (χ3v) is 6.85. The van der Waals surface area contributed by atoms with Crippen LogP contribution in [-0.2, 0) is 9.59 Å². The molecule has 0 unspecified atom stereocenters. The summed E-state index contributed by atoms with van der Waals surface area (Å²) in [5, 5.41) is 1.20. The number of nitrogens with zero attached hydrogens (tertiary/aromatic N) is 4. The van der Waals surface area contributed by atoms with Crippen LogP contribution in [-0.4, -0.2) is 65.3 Å². The van der Waals surface area contributed by atoms with Crippen molar-refractivity contribution in [3.8, 4) is 0 Å². The molecule has 0 spiro atoms. The van der Waals surface area contributed by atoms with E-state index in [0.29, 0.717) is 19.3 Å². The number of carbonyl (C=O) groups is 2. The van der Waals surface area contributed by atoms with Gasteiger partial charge in [0.25, 0.3) is 0 Å². The Balaban J connectivity index is 1.21. The van der Waals surface area contributed by atoms with Gasteiger partial charge in [-0.25, -0.2) is 0 Å². The number of likely N-dealkylation sites (tertiary alicyclic amines) is 1. The molecule has 2 aromatic rings. The molecule has 2 fully saturated rings. The standard InChI is InChI=1S/C22H30N4O2S/c27-20(24-12-5-1-2-6-13-24)10-7-11-21(28)25-14-16-26(17-15-25)22-18-8-3-4-9-19(18)29-23-22/h3-4,8-9H,1-2,5-7,10-17H2. The van der Waals surface area contributed by atoms with Gasteiger partial charge in [0.05, 0.1) is 4.70 Å². The van der Waals surface area contributed by atoms with Crippen LogP contribution in [0.15, 0.2) is 24.3 Å². The minimum absolute atomic E-state index is 0.177. The first kappa shape index (κ1) is 20.1. The Morgan fingerprint density at radius 1 is 0.828 bits per heavy atom. The van der Waals surface area contributed by atoms with E-state index in [9.17, 15) is 9.59 Å². The molecule has 4 rings (SSSR count). The second-order valence-corrected chi connectivity index (χ2v) is 8.82. The molecule has 2 aliphatic rings. The van der Waals surface area contributed by atoms with E-state index in [-0.39, 0.29) is 11.8 Å². The predicted molar refractivity (Wildman–Crippen MR) is 117 cm³/mol. The summed E-state index contributed by atoms with van der Waals surface area (Å²) in [6, 6.07) is 8.31. The zero-order valence-electron chi connectivity index (χ0n) is 17.0. The second kappa shape index (κ2) is 9.57. The van der Waals surface area contributed by atoms with Crippen molar-refractivity contribution in [3.63, 3.8) is 0 Å². The van der Waals surface area contributed by atoms with Crippen molar-refractivity contribution in [1.29, 1.82) is 0 Å². The Hall–Kier alpha value is -2.15. The Kier molecular flexibility index (Phi) is 6.64. The molecular formula is C22H30N4O2S. The highest BCUT2D eigenvalue weighted by Gasteiger charge is 2.24. The van der Waals surface area contributed by atoms with E-state index in [2.05, 4.69) is 21.4 Å². The van der Waals surface area contributed by atoms with E-state index < -0.39 is 0 Å². The fourth-order valence-electron chi connectivity index (χ4n) is 4.30. The number of fused-ring (bicyclic) bond motifs is 1. The predicted octanol–water partition coefficient (Wildman–Crippen LogP) is 3.52. The van der Waals surface area contributed by atoms with Crippen LogP contribution < -0.4 is 4.90 Å². The second-order valence-electron chi connectivity index (χ2n) is 8.02. The number of carbonyl (C=O) groups excluding carboxylic acids is 2. The first-order valence-corrected chi connectivity index (χ1v) is 11.6. The molecule has 1 aromatic carbocycles. The zero-order valence-corrected chi connectivity index (χ0v) is 17.8. The van der Waals surface area contributed by atoms with Gasteiger partial charge in [-0.05, 0) is 42.9 Å². The molecule has 0 N–H and O–H groups in total. The molecule has 2 aliphatic heterocycles. The van der Waals surface area contributed by atoms with E-state index in [1.807, 2.05) is 21.9 Å². The van der Waals surface area contributed by atoms with Gasteiger partial charge >= 0.3 is 0 Å². The quantitative estimate of drug-likeness (QED) is 0.751. The fraction of sp³-hybridized carbons (Fsp3) is 0.591. The summed E-state index contributed by atoms with van der Waals surface area (Å²) in [5.41, 5.74) is 0. The number of amides is 2. The minimum atomic E-state index is 0.177. The lowest BCUT2D eigenvalue weighted by Gasteiger charge is -2.35. The molecule has 0 saturated carbocycles. The van der Waals surface area contributed by atoms with Crippen LogP contribution in [0.3, 0.4) is 0 Å². The van der Waals surface area contributed by atoms with Crippen molar-refractivity contribution < 1.29 is 9.59 Å². The number of aromatic nitrogens is 1.